The van der Waals surface area contributed by atoms with Crippen LogP contribution >= 0.6 is 12.2 Å². The molecule has 0 radical (unpaired) electrons. The largest absolute Gasteiger partial charge is 0.346 e. The maximum absolute atomic E-state index is 5.56. The molecule has 0 saturated carbocycles. The molecule has 4 heteroatoms. The first-order valence-corrected chi connectivity index (χ1v) is 9.02. The number of piperazine rings is 1. The average Bonchev–Trinajstić information content (AvgIpc) is 2.63. The molecular formula is C20H25N3S. The smallest absolute Gasteiger partial charge is 0.173 e. The number of hydrogen-bond donors (Lipinski definition) is 1. The van der Waals surface area contributed by atoms with Gasteiger partial charge < -0.3 is 10.2 Å². The first-order valence-electron chi connectivity index (χ1n) is 8.61. The van der Waals surface area contributed by atoms with Crippen molar-refractivity contribution in [2.75, 3.05) is 31.5 Å². The predicted molar refractivity (Wildman–Crippen MR) is 105 cm³/mol. The van der Waals surface area contributed by atoms with Crippen LogP contribution in [0.2, 0.25) is 0 Å². The fourth-order valence-corrected chi connectivity index (χ4v) is 3.47. The summed E-state index contributed by atoms with van der Waals surface area (Å²) >= 11 is 5.56. The summed E-state index contributed by atoms with van der Waals surface area (Å²) in [7, 11) is 0. The minimum Gasteiger partial charge on any atom is -0.346 e. The summed E-state index contributed by atoms with van der Waals surface area (Å²) in [4.78, 5) is 4.84. The number of nitrogens with zero attached hydrogens (tertiary/aromatic N) is 2. The quantitative estimate of drug-likeness (QED) is 0.857. The Labute approximate surface area is 150 Å². The second-order valence-corrected chi connectivity index (χ2v) is 6.74. The molecule has 1 saturated heterocycles. The highest BCUT2D eigenvalue weighted by Gasteiger charge is 2.22. The maximum atomic E-state index is 5.56. The summed E-state index contributed by atoms with van der Waals surface area (Å²) in [6.45, 7) is 6.41. The van der Waals surface area contributed by atoms with E-state index in [-0.39, 0.29) is 0 Å². The van der Waals surface area contributed by atoms with E-state index >= 15 is 0 Å². The van der Waals surface area contributed by atoms with Crippen LogP contribution < -0.4 is 5.32 Å². The highest BCUT2D eigenvalue weighted by Crippen LogP contribution is 2.13. The van der Waals surface area contributed by atoms with Crippen LogP contribution in [-0.2, 0) is 6.42 Å². The zero-order chi connectivity index (χ0) is 16.8. The van der Waals surface area contributed by atoms with Gasteiger partial charge in [-0.15, -0.1) is 0 Å². The average molecular weight is 340 g/mol. The lowest BCUT2D eigenvalue weighted by Gasteiger charge is -2.39. The number of rotatable bonds is 4. The topological polar surface area (TPSA) is 18.5 Å². The van der Waals surface area contributed by atoms with E-state index in [2.05, 4.69) is 52.4 Å². The van der Waals surface area contributed by atoms with Gasteiger partial charge in [0.05, 0.1) is 0 Å². The van der Waals surface area contributed by atoms with E-state index in [0.717, 1.165) is 43.4 Å². The van der Waals surface area contributed by atoms with Gasteiger partial charge in [-0.1, -0.05) is 48.5 Å². The van der Waals surface area contributed by atoms with Gasteiger partial charge in [-0.3, -0.25) is 4.90 Å². The first-order chi connectivity index (χ1) is 11.7. The lowest BCUT2D eigenvalue weighted by atomic mass is 10.1. The molecule has 1 aliphatic rings. The molecule has 0 aromatic heterocycles. The highest BCUT2D eigenvalue weighted by molar-refractivity contribution is 7.80. The van der Waals surface area contributed by atoms with Crippen molar-refractivity contribution in [3.63, 3.8) is 0 Å². The number of thiocarbonyl (C=S) groups is 1. The highest BCUT2D eigenvalue weighted by atomic mass is 32.1. The van der Waals surface area contributed by atoms with Crippen LogP contribution in [-0.4, -0.2) is 47.1 Å². The molecule has 3 rings (SSSR count). The Balaban J connectivity index is 1.47. The molecule has 1 fully saturated rings. The zero-order valence-electron chi connectivity index (χ0n) is 14.2. The van der Waals surface area contributed by atoms with E-state index < -0.39 is 0 Å². The van der Waals surface area contributed by atoms with Crippen molar-refractivity contribution >= 4 is 23.0 Å². The second kappa shape index (κ2) is 8.27. The molecule has 0 amide bonds. The van der Waals surface area contributed by atoms with E-state index in [1.54, 1.807) is 0 Å². The second-order valence-electron chi connectivity index (χ2n) is 6.36. The molecule has 24 heavy (non-hydrogen) atoms. The third-order valence-electron chi connectivity index (χ3n) is 4.62. The molecule has 1 heterocycles. The van der Waals surface area contributed by atoms with E-state index in [1.807, 2.05) is 30.3 Å². The van der Waals surface area contributed by atoms with Gasteiger partial charge in [0.2, 0.25) is 0 Å². The van der Waals surface area contributed by atoms with Crippen LogP contribution in [0.1, 0.15) is 12.5 Å². The van der Waals surface area contributed by atoms with Gasteiger partial charge in [-0.2, -0.15) is 0 Å². The number of anilines is 1. The Bertz CT molecular complexity index is 636. The van der Waals surface area contributed by atoms with Crippen molar-refractivity contribution in [3.05, 3.63) is 66.2 Å². The third kappa shape index (κ3) is 4.56. The molecule has 2 aromatic carbocycles. The van der Waals surface area contributed by atoms with Gasteiger partial charge in [-0.05, 0) is 43.3 Å². The third-order valence-corrected chi connectivity index (χ3v) is 4.98. The molecule has 2 aromatic rings. The summed E-state index contributed by atoms with van der Waals surface area (Å²) in [5.41, 5.74) is 2.47. The van der Waals surface area contributed by atoms with Crippen LogP contribution in [0.15, 0.2) is 60.7 Å². The molecule has 0 bridgehead atoms. The minimum atomic E-state index is 0.560. The van der Waals surface area contributed by atoms with Crippen LogP contribution in [0.5, 0.6) is 0 Å². The Morgan fingerprint density at radius 3 is 2.17 bits per heavy atom. The maximum Gasteiger partial charge on any atom is 0.173 e. The summed E-state index contributed by atoms with van der Waals surface area (Å²) in [5, 5.41) is 4.16. The van der Waals surface area contributed by atoms with E-state index in [9.17, 15) is 0 Å². The lowest BCUT2D eigenvalue weighted by molar-refractivity contribution is 0.141. The molecular weight excluding hydrogens is 314 g/mol. The number of para-hydroxylation sites is 1. The van der Waals surface area contributed by atoms with Crippen LogP contribution in [0.3, 0.4) is 0 Å². The zero-order valence-corrected chi connectivity index (χ0v) is 15.0. The monoisotopic (exact) mass is 339 g/mol. The van der Waals surface area contributed by atoms with Crippen molar-refractivity contribution in [2.45, 2.75) is 19.4 Å². The minimum absolute atomic E-state index is 0.560. The standard InChI is InChI=1S/C20H25N3S/c1-17(16-18-8-4-2-5-9-18)22-12-14-23(15-13-22)20(24)21-19-10-6-3-7-11-19/h2-11,17H,12-16H2,1H3,(H,21,24). The number of hydrogen-bond acceptors (Lipinski definition) is 2. The molecule has 126 valence electrons. The van der Waals surface area contributed by atoms with Crippen LogP contribution in [0, 0.1) is 0 Å². The van der Waals surface area contributed by atoms with Crippen molar-refractivity contribution in [1.29, 1.82) is 0 Å². The summed E-state index contributed by atoms with van der Waals surface area (Å²) < 4.78 is 0. The first kappa shape index (κ1) is 16.9. The fraction of sp³-hybridized carbons (Fsp3) is 0.350. The summed E-state index contributed by atoms with van der Waals surface area (Å²) in [6.07, 6.45) is 1.10. The normalized spacial score (nSPS) is 16.6. The molecule has 3 nitrogen and oxygen atoms in total. The van der Waals surface area contributed by atoms with Gasteiger partial charge in [0, 0.05) is 37.9 Å². The van der Waals surface area contributed by atoms with Gasteiger partial charge in [0.15, 0.2) is 5.11 Å². The molecule has 1 N–H and O–H groups in total. The van der Waals surface area contributed by atoms with Crippen LogP contribution in [0.25, 0.3) is 0 Å². The molecule has 1 atom stereocenters. The summed E-state index contributed by atoms with van der Waals surface area (Å²) in [5.74, 6) is 0. The predicted octanol–water partition coefficient (Wildman–Crippen LogP) is 3.63. The van der Waals surface area contributed by atoms with Crippen molar-refractivity contribution in [2.24, 2.45) is 0 Å². The number of benzene rings is 2. The molecule has 1 aliphatic heterocycles. The van der Waals surface area contributed by atoms with Gasteiger partial charge >= 0.3 is 0 Å². The Hall–Kier alpha value is -1.91. The van der Waals surface area contributed by atoms with Gasteiger partial charge in [0.25, 0.3) is 0 Å². The van der Waals surface area contributed by atoms with E-state index in [1.165, 1.54) is 5.56 Å². The molecule has 0 aliphatic carbocycles. The van der Waals surface area contributed by atoms with Crippen molar-refractivity contribution in [1.82, 2.24) is 9.80 Å². The fourth-order valence-electron chi connectivity index (χ4n) is 3.17. The van der Waals surface area contributed by atoms with E-state index in [0.29, 0.717) is 6.04 Å². The van der Waals surface area contributed by atoms with Crippen molar-refractivity contribution < 1.29 is 0 Å². The molecule has 1 unspecified atom stereocenters. The Kier molecular flexibility index (Phi) is 5.83. The van der Waals surface area contributed by atoms with Gasteiger partial charge in [0.1, 0.15) is 0 Å². The lowest BCUT2D eigenvalue weighted by Crippen LogP contribution is -2.52. The number of nitrogens with one attached hydrogen (secondary N) is 1. The van der Waals surface area contributed by atoms with Crippen molar-refractivity contribution in [3.8, 4) is 0 Å². The van der Waals surface area contributed by atoms with Crippen LogP contribution in [0.4, 0.5) is 5.69 Å². The Morgan fingerprint density at radius 1 is 0.958 bits per heavy atom. The molecule has 0 spiro atoms. The Morgan fingerprint density at radius 2 is 1.54 bits per heavy atom. The summed E-state index contributed by atoms with van der Waals surface area (Å²) in [6, 6.07) is 21.5. The van der Waals surface area contributed by atoms with E-state index in [4.69, 9.17) is 12.2 Å². The van der Waals surface area contributed by atoms with Gasteiger partial charge in [-0.25, -0.2) is 0 Å². The SMILES string of the molecule is CC(Cc1ccccc1)N1CCN(C(=S)Nc2ccccc2)CC1.